The van der Waals surface area contributed by atoms with E-state index in [4.69, 9.17) is 4.84 Å². The van der Waals surface area contributed by atoms with Crippen LogP contribution >= 0.6 is 0 Å². The SMILES string of the molecule is CC(C)[C@H](CC(=O)CCCC(=O)ON1C(=O)CCC1=O)C(=O)N[C@@H](C)C(=O)CCCCN(C(=O)CO)[C@@H](c1cc(-c2cc(F)ccc2F)cn1Cc1ccccc1)C(C)(C)C. The number of Topliss-reactive ketones (excluding diaryl/α,β-unsaturated/α-hetero) is 2. The van der Waals surface area contributed by atoms with Gasteiger partial charge in [0.2, 0.25) is 11.8 Å². The Balaban J connectivity index is 1.38. The van der Waals surface area contributed by atoms with Gasteiger partial charge >= 0.3 is 5.97 Å². The van der Waals surface area contributed by atoms with Crippen molar-refractivity contribution in [1.82, 2.24) is 19.8 Å². The van der Waals surface area contributed by atoms with Gasteiger partial charge in [-0.1, -0.05) is 65.0 Å². The van der Waals surface area contributed by atoms with Crippen LogP contribution in [-0.4, -0.2) is 80.0 Å². The molecule has 61 heavy (non-hydrogen) atoms. The third kappa shape index (κ3) is 13.5. The van der Waals surface area contributed by atoms with E-state index in [1.165, 1.54) is 0 Å². The Morgan fingerprint density at radius 1 is 0.885 bits per heavy atom. The lowest BCUT2D eigenvalue weighted by molar-refractivity contribution is -0.197. The molecule has 1 aliphatic heterocycles. The molecule has 0 bridgehead atoms. The smallest absolute Gasteiger partial charge is 0.333 e. The molecule has 3 aromatic rings. The van der Waals surface area contributed by atoms with Gasteiger partial charge in [0, 0.05) is 80.6 Å². The van der Waals surface area contributed by atoms with Gasteiger partial charge in [-0.3, -0.25) is 28.8 Å². The standard InChI is InChI=1S/C46H58F2N4O9/c1-29(2)35(25-34(54)15-12-17-43(59)61-52-40(56)20-21-41(52)57)45(60)49-30(3)39(55)16-10-11-22-51(42(58)28-53)44(46(4,5)6)38-23-32(36-24-33(47)18-19-37(36)48)27-50(38)26-31-13-8-7-9-14-31/h7-9,13-14,18-19,23-24,27,29-30,35,44,53H,10-12,15-17,20-22,25-26,28H2,1-6H3,(H,49,60)/t30-,35-,44-/m0/s1. The Morgan fingerprint density at radius 2 is 1.56 bits per heavy atom. The summed E-state index contributed by atoms with van der Waals surface area (Å²) in [5.41, 5.74) is 1.48. The molecule has 0 aliphatic carbocycles. The molecule has 330 valence electrons. The molecule has 0 spiro atoms. The van der Waals surface area contributed by atoms with Gasteiger partial charge in [-0.05, 0) is 67.3 Å². The number of rotatable bonds is 22. The van der Waals surface area contributed by atoms with Gasteiger partial charge in [0.25, 0.3) is 11.8 Å². The highest BCUT2D eigenvalue weighted by molar-refractivity contribution is 6.01. The van der Waals surface area contributed by atoms with Crippen LogP contribution in [0, 0.1) is 28.9 Å². The lowest BCUT2D eigenvalue weighted by Crippen LogP contribution is -2.44. The van der Waals surface area contributed by atoms with Gasteiger partial charge in [-0.15, -0.1) is 5.06 Å². The molecule has 4 rings (SSSR count). The van der Waals surface area contributed by atoms with Crippen LogP contribution in [0.3, 0.4) is 0 Å². The number of nitrogens with one attached hydrogen (secondary N) is 1. The molecule has 1 aliphatic rings. The summed E-state index contributed by atoms with van der Waals surface area (Å²) in [5.74, 6) is -5.70. The summed E-state index contributed by atoms with van der Waals surface area (Å²) in [4.78, 5) is 94.7. The number of halogens is 2. The Hall–Kier alpha value is -5.57. The van der Waals surface area contributed by atoms with Crippen LogP contribution in [0.2, 0.25) is 0 Å². The van der Waals surface area contributed by atoms with Crippen LogP contribution < -0.4 is 5.32 Å². The zero-order chi connectivity index (χ0) is 45.0. The Morgan fingerprint density at radius 3 is 2.18 bits per heavy atom. The van der Waals surface area contributed by atoms with E-state index in [9.17, 15) is 43.1 Å². The lowest BCUT2D eigenvalue weighted by atomic mass is 9.82. The van der Waals surface area contributed by atoms with Crippen molar-refractivity contribution in [3.63, 3.8) is 0 Å². The fraction of sp³-hybridized carbons (Fsp3) is 0.500. The maximum atomic E-state index is 15.1. The number of ketones is 2. The molecule has 2 N–H and O–H groups in total. The minimum atomic E-state index is -0.866. The molecule has 1 fully saturated rings. The monoisotopic (exact) mass is 848 g/mol. The second-order valence-electron chi connectivity index (χ2n) is 17.1. The summed E-state index contributed by atoms with van der Waals surface area (Å²) < 4.78 is 31.3. The second-order valence-corrected chi connectivity index (χ2v) is 17.1. The highest BCUT2D eigenvalue weighted by Gasteiger charge is 2.37. The van der Waals surface area contributed by atoms with E-state index in [1.54, 1.807) is 37.9 Å². The lowest BCUT2D eigenvalue weighted by Gasteiger charge is -2.41. The van der Waals surface area contributed by atoms with E-state index in [-0.39, 0.29) is 74.5 Å². The first kappa shape index (κ1) is 48.1. The first-order valence-corrected chi connectivity index (χ1v) is 20.8. The number of imide groups is 1. The number of hydroxylamine groups is 2. The number of hydrogen-bond donors (Lipinski definition) is 2. The molecular formula is C46H58F2N4O9. The van der Waals surface area contributed by atoms with Gasteiger partial charge < -0.3 is 24.7 Å². The summed E-state index contributed by atoms with van der Waals surface area (Å²) in [7, 11) is 0. The number of benzene rings is 2. The average Bonchev–Trinajstić information content (AvgIpc) is 3.75. The normalized spacial score (nSPS) is 14.5. The van der Waals surface area contributed by atoms with Gasteiger partial charge in [-0.2, -0.15) is 0 Å². The van der Waals surface area contributed by atoms with E-state index >= 15 is 4.39 Å². The predicted molar refractivity (Wildman–Crippen MR) is 222 cm³/mol. The van der Waals surface area contributed by atoms with Crippen molar-refractivity contribution in [1.29, 1.82) is 0 Å². The molecule has 2 heterocycles. The zero-order valence-corrected chi connectivity index (χ0v) is 35.9. The van der Waals surface area contributed by atoms with Gasteiger partial charge in [0.05, 0.1) is 12.1 Å². The van der Waals surface area contributed by atoms with Crippen LogP contribution in [0.25, 0.3) is 11.1 Å². The maximum absolute atomic E-state index is 15.1. The molecule has 15 heteroatoms. The Labute approximate surface area is 355 Å². The van der Waals surface area contributed by atoms with Crippen molar-refractivity contribution in [2.45, 2.75) is 118 Å². The molecule has 13 nitrogen and oxygen atoms in total. The fourth-order valence-electron chi connectivity index (χ4n) is 7.51. The first-order chi connectivity index (χ1) is 28.8. The minimum Gasteiger partial charge on any atom is -0.387 e. The number of hydrogen-bond acceptors (Lipinski definition) is 9. The van der Waals surface area contributed by atoms with Crippen molar-refractivity contribution in [3.05, 3.63) is 83.7 Å². The second kappa shape index (κ2) is 21.8. The van der Waals surface area contributed by atoms with Gasteiger partial charge in [0.15, 0.2) is 5.78 Å². The van der Waals surface area contributed by atoms with E-state index in [0.29, 0.717) is 35.7 Å². The summed E-state index contributed by atoms with van der Waals surface area (Å²) >= 11 is 0. The molecule has 1 aromatic heterocycles. The van der Waals surface area contributed by atoms with Crippen LogP contribution in [-0.2, 0) is 44.9 Å². The van der Waals surface area contributed by atoms with Crippen molar-refractivity contribution >= 4 is 41.2 Å². The molecule has 1 saturated heterocycles. The molecule has 2 aromatic carbocycles. The number of carbonyl (C=O) groups excluding carboxylic acids is 7. The van der Waals surface area contributed by atoms with E-state index in [2.05, 4.69) is 5.32 Å². The Bertz CT molecular complexity index is 2040. The number of aromatic nitrogens is 1. The maximum Gasteiger partial charge on any atom is 0.333 e. The van der Waals surface area contributed by atoms with Crippen molar-refractivity contribution in [2.24, 2.45) is 17.3 Å². The summed E-state index contributed by atoms with van der Waals surface area (Å²) in [5, 5.41) is 13.3. The van der Waals surface area contributed by atoms with E-state index in [1.807, 2.05) is 55.7 Å². The number of amides is 4. The number of nitrogens with zero attached hydrogens (tertiary/aromatic N) is 3. The number of aliphatic hydroxyl groups is 1. The largest absolute Gasteiger partial charge is 0.387 e. The number of carbonyl (C=O) groups is 7. The van der Waals surface area contributed by atoms with Gasteiger partial charge in [-0.25, -0.2) is 13.6 Å². The Kier molecular flexibility index (Phi) is 17.2. The molecule has 0 saturated carbocycles. The quantitative estimate of drug-likeness (QED) is 0.0831. The predicted octanol–water partition coefficient (Wildman–Crippen LogP) is 6.64. The van der Waals surface area contributed by atoms with Crippen LogP contribution in [0.1, 0.15) is 117 Å². The van der Waals surface area contributed by atoms with Crippen molar-refractivity contribution in [3.8, 4) is 11.1 Å². The summed E-state index contributed by atoms with van der Waals surface area (Å²) in [6.45, 7) is 10.8. The van der Waals surface area contributed by atoms with Crippen LogP contribution in [0.5, 0.6) is 0 Å². The molecule has 4 amide bonds. The van der Waals surface area contributed by atoms with Gasteiger partial charge in [0.1, 0.15) is 24.0 Å². The van der Waals surface area contributed by atoms with Crippen LogP contribution in [0.4, 0.5) is 8.78 Å². The van der Waals surface area contributed by atoms with E-state index in [0.717, 1.165) is 23.8 Å². The highest BCUT2D eigenvalue weighted by Crippen LogP contribution is 2.41. The molecule has 0 radical (unpaired) electrons. The topological polar surface area (TPSA) is 172 Å². The minimum absolute atomic E-state index is 0.0283. The van der Waals surface area contributed by atoms with Crippen LogP contribution in [0.15, 0.2) is 60.8 Å². The molecule has 0 unspecified atom stereocenters. The zero-order valence-electron chi connectivity index (χ0n) is 35.9. The molecule has 3 atom stereocenters. The first-order valence-electron chi connectivity index (χ1n) is 20.8. The van der Waals surface area contributed by atoms with Crippen molar-refractivity contribution < 1.29 is 52.3 Å². The third-order valence-electron chi connectivity index (χ3n) is 10.8. The fourth-order valence-corrected chi connectivity index (χ4v) is 7.51. The van der Waals surface area contributed by atoms with E-state index < -0.39 is 71.3 Å². The highest BCUT2D eigenvalue weighted by atomic mass is 19.1. The number of aliphatic hydroxyl groups excluding tert-OH is 1. The summed E-state index contributed by atoms with van der Waals surface area (Å²) in [6, 6.07) is 13.1. The third-order valence-corrected chi connectivity index (χ3v) is 10.8. The number of unbranched alkanes of at least 4 members (excludes halogenated alkanes) is 1. The summed E-state index contributed by atoms with van der Waals surface area (Å²) in [6.07, 6.45) is 2.24. The van der Waals surface area contributed by atoms with Crippen molar-refractivity contribution in [2.75, 3.05) is 13.2 Å². The average molecular weight is 849 g/mol. The molecular weight excluding hydrogens is 791 g/mol.